The van der Waals surface area contributed by atoms with Crippen molar-refractivity contribution in [2.24, 2.45) is 0 Å². The minimum Gasteiger partial charge on any atom is -0.491 e. The van der Waals surface area contributed by atoms with E-state index in [-0.39, 0.29) is 18.1 Å². The first-order valence-corrected chi connectivity index (χ1v) is 9.22. The number of rotatable bonds is 6. The molecule has 1 amide bonds. The lowest BCUT2D eigenvalue weighted by molar-refractivity contribution is 0.0943. The summed E-state index contributed by atoms with van der Waals surface area (Å²) in [4.78, 5) is 12.9. The third-order valence-corrected chi connectivity index (χ3v) is 4.40. The van der Waals surface area contributed by atoms with Crippen molar-refractivity contribution >= 4 is 5.91 Å². The Bertz CT molecular complexity index is 886. The number of benzene rings is 3. The van der Waals surface area contributed by atoms with E-state index in [2.05, 4.69) is 24.4 Å². The molecule has 0 unspecified atom stereocenters. The lowest BCUT2D eigenvalue weighted by Gasteiger charge is -2.22. The van der Waals surface area contributed by atoms with Gasteiger partial charge in [0, 0.05) is 5.56 Å². The van der Waals surface area contributed by atoms with E-state index < -0.39 is 0 Å². The van der Waals surface area contributed by atoms with E-state index in [1.54, 1.807) is 12.1 Å². The standard InChI is InChI=1S/C24H25NO2/c1-17(2)27-21-15-13-20(14-16-21)24(26)25-23(19-10-5-4-6-11-19)22-12-8-7-9-18(22)3/h4-17,23H,1-3H3,(H,25,26)/t23-/m0/s1. The van der Waals surface area contributed by atoms with Crippen molar-refractivity contribution in [3.05, 3.63) is 101 Å². The third-order valence-electron chi connectivity index (χ3n) is 4.40. The SMILES string of the molecule is Cc1ccccc1[C@@H](NC(=O)c1ccc(OC(C)C)cc1)c1ccccc1. The van der Waals surface area contributed by atoms with Crippen LogP contribution in [-0.2, 0) is 0 Å². The molecule has 0 saturated carbocycles. The summed E-state index contributed by atoms with van der Waals surface area (Å²) in [6.45, 7) is 6.02. The Morgan fingerprint density at radius 2 is 1.48 bits per heavy atom. The molecule has 0 heterocycles. The van der Waals surface area contributed by atoms with Crippen LogP contribution in [0, 0.1) is 6.92 Å². The molecule has 0 aliphatic rings. The average Bonchev–Trinajstić information content (AvgIpc) is 2.67. The molecule has 3 aromatic rings. The highest BCUT2D eigenvalue weighted by Gasteiger charge is 2.19. The number of hydrogen-bond acceptors (Lipinski definition) is 2. The van der Waals surface area contributed by atoms with Crippen molar-refractivity contribution in [3.8, 4) is 5.75 Å². The predicted octanol–water partition coefficient (Wildman–Crippen LogP) is 5.30. The zero-order valence-corrected chi connectivity index (χ0v) is 16.0. The van der Waals surface area contributed by atoms with Crippen molar-refractivity contribution < 1.29 is 9.53 Å². The van der Waals surface area contributed by atoms with Crippen LogP contribution in [-0.4, -0.2) is 12.0 Å². The van der Waals surface area contributed by atoms with E-state index in [4.69, 9.17) is 4.74 Å². The van der Waals surface area contributed by atoms with Gasteiger partial charge in [-0.05, 0) is 61.7 Å². The molecule has 3 aromatic carbocycles. The van der Waals surface area contributed by atoms with Crippen LogP contribution in [0.5, 0.6) is 5.75 Å². The van der Waals surface area contributed by atoms with Crippen LogP contribution in [0.4, 0.5) is 0 Å². The second kappa shape index (κ2) is 8.54. The van der Waals surface area contributed by atoms with Crippen molar-refractivity contribution in [1.82, 2.24) is 5.32 Å². The van der Waals surface area contributed by atoms with Crippen molar-refractivity contribution in [1.29, 1.82) is 0 Å². The first kappa shape index (κ1) is 18.7. The van der Waals surface area contributed by atoms with E-state index in [1.165, 1.54) is 0 Å². The van der Waals surface area contributed by atoms with Gasteiger partial charge in [0.25, 0.3) is 5.91 Å². The molecule has 0 aliphatic heterocycles. The van der Waals surface area contributed by atoms with Gasteiger partial charge in [-0.15, -0.1) is 0 Å². The first-order valence-electron chi connectivity index (χ1n) is 9.22. The zero-order valence-electron chi connectivity index (χ0n) is 16.0. The van der Waals surface area contributed by atoms with Crippen molar-refractivity contribution in [3.63, 3.8) is 0 Å². The summed E-state index contributed by atoms with van der Waals surface area (Å²) in [5.74, 6) is 0.656. The molecule has 1 atom stereocenters. The van der Waals surface area contributed by atoms with Gasteiger partial charge in [-0.2, -0.15) is 0 Å². The lowest BCUT2D eigenvalue weighted by atomic mass is 9.94. The molecule has 3 heteroatoms. The fourth-order valence-corrected chi connectivity index (χ4v) is 3.07. The average molecular weight is 359 g/mol. The Kier molecular flexibility index (Phi) is 5.92. The molecule has 3 rings (SSSR count). The molecule has 3 nitrogen and oxygen atoms in total. The number of ether oxygens (including phenoxy) is 1. The van der Waals surface area contributed by atoms with E-state index in [9.17, 15) is 4.79 Å². The summed E-state index contributed by atoms with van der Waals surface area (Å²) in [5, 5.41) is 3.19. The zero-order chi connectivity index (χ0) is 19.2. The van der Waals surface area contributed by atoms with E-state index in [0.29, 0.717) is 5.56 Å². The predicted molar refractivity (Wildman–Crippen MR) is 109 cm³/mol. The van der Waals surface area contributed by atoms with Crippen LogP contribution < -0.4 is 10.1 Å². The van der Waals surface area contributed by atoms with Gasteiger partial charge in [0.05, 0.1) is 12.1 Å². The van der Waals surface area contributed by atoms with Gasteiger partial charge in [0.1, 0.15) is 5.75 Å². The largest absolute Gasteiger partial charge is 0.491 e. The van der Waals surface area contributed by atoms with E-state index in [1.807, 2.05) is 68.4 Å². The molecule has 0 fully saturated rings. The summed E-state index contributed by atoms with van der Waals surface area (Å²) < 4.78 is 5.65. The van der Waals surface area contributed by atoms with Crippen LogP contribution in [0.15, 0.2) is 78.9 Å². The number of hydrogen-bond donors (Lipinski definition) is 1. The first-order chi connectivity index (χ1) is 13.0. The summed E-state index contributed by atoms with van der Waals surface area (Å²) >= 11 is 0. The van der Waals surface area contributed by atoms with Crippen molar-refractivity contribution in [2.45, 2.75) is 32.9 Å². The fourth-order valence-electron chi connectivity index (χ4n) is 3.07. The Hall–Kier alpha value is -3.07. The van der Waals surface area contributed by atoms with Crippen molar-refractivity contribution in [2.75, 3.05) is 0 Å². The second-order valence-corrected chi connectivity index (χ2v) is 6.86. The van der Waals surface area contributed by atoms with Gasteiger partial charge in [0.2, 0.25) is 0 Å². The summed E-state index contributed by atoms with van der Waals surface area (Å²) in [6, 6.07) is 25.2. The van der Waals surface area contributed by atoms with Crippen LogP contribution in [0.25, 0.3) is 0 Å². The van der Waals surface area contributed by atoms with Gasteiger partial charge < -0.3 is 10.1 Å². The number of carbonyl (C=O) groups excluding carboxylic acids is 1. The molecule has 0 radical (unpaired) electrons. The molecule has 0 spiro atoms. The van der Waals surface area contributed by atoms with Gasteiger partial charge in [-0.25, -0.2) is 0 Å². The summed E-state index contributed by atoms with van der Waals surface area (Å²) in [6.07, 6.45) is 0.105. The highest BCUT2D eigenvalue weighted by molar-refractivity contribution is 5.94. The van der Waals surface area contributed by atoms with Crippen LogP contribution in [0.1, 0.15) is 46.9 Å². The van der Waals surface area contributed by atoms with Gasteiger partial charge in [-0.3, -0.25) is 4.79 Å². The Balaban J connectivity index is 1.86. The highest BCUT2D eigenvalue weighted by atomic mass is 16.5. The molecular formula is C24H25NO2. The molecule has 27 heavy (non-hydrogen) atoms. The molecular weight excluding hydrogens is 334 g/mol. The van der Waals surface area contributed by atoms with E-state index in [0.717, 1.165) is 22.4 Å². The minimum atomic E-state index is -0.202. The molecule has 0 saturated heterocycles. The maximum absolute atomic E-state index is 12.9. The Morgan fingerprint density at radius 3 is 2.11 bits per heavy atom. The maximum atomic E-state index is 12.9. The fraction of sp³-hybridized carbons (Fsp3) is 0.208. The smallest absolute Gasteiger partial charge is 0.252 e. The summed E-state index contributed by atoms with van der Waals surface area (Å²) in [5.41, 5.74) is 3.91. The van der Waals surface area contributed by atoms with Crippen LogP contribution in [0.3, 0.4) is 0 Å². The van der Waals surface area contributed by atoms with E-state index >= 15 is 0 Å². The normalized spacial score (nSPS) is 11.9. The monoisotopic (exact) mass is 359 g/mol. The number of aryl methyl sites for hydroxylation is 1. The van der Waals surface area contributed by atoms with Gasteiger partial charge in [0.15, 0.2) is 0 Å². The minimum absolute atomic E-state index is 0.105. The third kappa shape index (κ3) is 4.76. The summed E-state index contributed by atoms with van der Waals surface area (Å²) in [7, 11) is 0. The maximum Gasteiger partial charge on any atom is 0.252 e. The van der Waals surface area contributed by atoms with Crippen LogP contribution in [0.2, 0.25) is 0 Å². The molecule has 0 bridgehead atoms. The van der Waals surface area contributed by atoms with Gasteiger partial charge >= 0.3 is 0 Å². The highest BCUT2D eigenvalue weighted by Crippen LogP contribution is 2.25. The number of amides is 1. The molecule has 0 aromatic heterocycles. The molecule has 138 valence electrons. The topological polar surface area (TPSA) is 38.3 Å². The molecule has 1 N–H and O–H groups in total. The quantitative estimate of drug-likeness (QED) is 0.648. The Labute approximate surface area is 161 Å². The number of carbonyl (C=O) groups is 1. The second-order valence-electron chi connectivity index (χ2n) is 6.86. The molecule has 0 aliphatic carbocycles. The van der Waals surface area contributed by atoms with Gasteiger partial charge in [-0.1, -0.05) is 54.6 Å². The lowest BCUT2D eigenvalue weighted by Crippen LogP contribution is -2.29. The number of nitrogens with one attached hydrogen (secondary N) is 1. The Morgan fingerprint density at radius 1 is 0.852 bits per heavy atom. The van der Waals surface area contributed by atoms with Crippen LogP contribution >= 0.6 is 0 Å².